The summed E-state index contributed by atoms with van der Waals surface area (Å²) in [6.45, 7) is 0.223. The SMILES string of the molecule is O=C(O)C1CN(C(=O)COc2ccc(F)cc2Br)C1. The van der Waals surface area contributed by atoms with Crippen molar-refractivity contribution in [1.82, 2.24) is 4.90 Å². The molecule has 2 rings (SSSR count). The summed E-state index contributed by atoms with van der Waals surface area (Å²) in [5.74, 6) is -1.70. The molecule has 1 fully saturated rings. The highest BCUT2D eigenvalue weighted by molar-refractivity contribution is 9.10. The molecule has 5 nitrogen and oxygen atoms in total. The number of carboxylic acids is 1. The maximum atomic E-state index is 12.8. The lowest BCUT2D eigenvalue weighted by Gasteiger charge is -2.36. The zero-order valence-electron chi connectivity index (χ0n) is 9.81. The number of halogens is 2. The lowest BCUT2D eigenvalue weighted by atomic mass is 10.0. The molecule has 102 valence electrons. The molecule has 0 aliphatic carbocycles. The van der Waals surface area contributed by atoms with Gasteiger partial charge in [0.25, 0.3) is 5.91 Å². The van der Waals surface area contributed by atoms with Crippen LogP contribution in [0.3, 0.4) is 0 Å². The normalized spacial score (nSPS) is 14.9. The summed E-state index contributed by atoms with van der Waals surface area (Å²) in [6, 6.07) is 3.89. The molecular formula is C12H11BrFNO4. The molecule has 1 heterocycles. The van der Waals surface area contributed by atoms with Crippen molar-refractivity contribution in [3.05, 3.63) is 28.5 Å². The number of carbonyl (C=O) groups is 2. The van der Waals surface area contributed by atoms with Gasteiger partial charge < -0.3 is 14.7 Å². The molecule has 0 bridgehead atoms. The summed E-state index contributed by atoms with van der Waals surface area (Å²) < 4.78 is 18.5. The van der Waals surface area contributed by atoms with E-state index in [0.29, 0.717) is 10.2 Å². The van der Waals surface area contributed by atoms with Crippen LogP contribution in [0.1, 0.15) is 0 Å². The Kier molecular flexibility index (Phi) is 4.04. The second kappa shape index (κ2) is 5.56. The number of hydrogen-bond acceptors (Lipinski definition) is 3. The molecule has 1 amide bonds. The largest absolute Gasteiger partial charge is 0.483 e. The summed E-state index contributed by atoms with van der Waals surface area (Å²) in [6.07, 6.45) is 0. The number of carbonyl (C=O) groups excluding carboxylic acids is 1. The Hall–Kier alpha value is -1.63. The van der Waals surface area contributed by atoms with Crippen molar-refractivity contribution >= 4 is 27.8 Å². The van der Waals surface area contributed by atoms with Gasteiger partial charge in [-0.1, -0.05) is 0 Å². The van der Waals surface area contributed by atoms with Gasteiger partial charge in [0.1, 0.15) is 11.6 Å². The van der Waals surface area contributed by atoms with Gasteiger partial charge in [0.15, 0.2) is 6.61 Å². The Bertz CT molecular complexity index is 516. The molecule has 0 saturated carbocycles. The van der Waals surface area contributed by atoms with Crippen molar-refractivity contribution in [2.24, 2.45) is 5.92 Å². The second-order valence-corrected chi connectivity index (χ2v) is 5.05. The summed E-state index contributed by atoms with van der Waals surface area (Å²) in [5.41, 5.74) is 0. The van der Waals surface area contributed by atoms with Crippen molar-refractivity contribution in [3.63, 3.8) is 0 Å². The number of ether oxygens (including phenoxy) is 1. The van der Waals surface area contributed by atoms with Crippen LogP contribution in [-0.2, 0) is 9.59 Å². The number of likely N-dealkylation sites (tertiary alicyclic amines) is 1. The Morgan fingerprint density at radius 1 is 1.47 bits per heavy atom. The molecule has 19 heavy (non-hydrogen) atoms. The van der Waals surface area contributed by atoms with E-state index in [-0.39, 0.29) is 25.6 Å². The maximum Gasteiger partial charge on any atom is 0.310 e. The first-order valence-electron chi connectivity index (χ1n) is 5.56. The number of amides is 1. The topological polar surface area (TPSA) is 66.8 Å². The zero-order valence-corrected chi connectivity index (χ0v) is 11.4. The van der Waals surface area contributed by atoms with Crippen LogP contribution in [0.5, 0.6) is 5.75 Å². The molecule has 0 spiro atoms. The van der Waals surface area contributed by atoms with E-state index in [4.69, 9.17) is 9.84 Å². The van der Waals surface area contributed by atoms with Crippen LogP contribution in [0.2, 0.25) is 0 Å². The molecule has 1 aliphatic rings. The average molecular weight is 332 g/mol. The van der Waals surface area contributed by atoms with Gasteiger partial charge >= 0.3 is 5.97 Å². The van der Waals surface area contributed by atoms with Gasteiger partial charge in [-0.15, -0.1) is 0 Å². The molecule has 7 heteroatoms. The number of rotatable bonds is 4. The van der Waals surface area contributed by atoms with Crippen molar-refractivity contribution in [1.29, 1.82) is 0 Å². The third-order valence-corrected chi connectivity index (χ3v) is 3.45. The highest BCUT2D eigenvalue weighted by Gasteiger charge is 2.35. The predicted molar refractivity (Wildman–Crippen MR) is 67.3 cm³/mol. The van der Waals surface area contributed by atoms with E-state index in [2.05, 4.69) is 15.9 Å². The van der Waals surface area contributed by atoms with Gasteiger partial charge in [0.05, 0.1) is 10.4 Å². The van der Waals surface area contributed by atoms with E-state index in [1.807, 2.05) is 0 Å². The van der Waals surface area contributed by atoms with Crippen molar-refractivity contribution in [2.45, 2.75) is 0 Å². The minimum absolute atomic E-state index is 0.198. The molecule has 1 saturated heterocycles. The molecule has 1 N–H and O–H groups in total. The van der Waals surface area contributed by atoms with Crippen LogP contribution < -0.4 is 4.74 Å². The van der Waals surface area contributed by atoms with E-state index >= 15 is 0 Å². The summed E-state index contributed by atoms with van der Waals surface area (Å²) in [7, 11) is 0. The fourth-order valence-electron chi connectivity index (χ4n) is 1.66. The molecule has 1 aromatic carbocycles. The molecule has 0 unspecified atom stereocenters. The Morgan fingerprint density at radius 3 is 2.74 bits per heavy atom. The second-order valence-electron chi connectivity index (χ2n) is 4.20. The fourth-order valence-corrected chi connectivity index (χ4v) is 2.13. The van der Waals surface area contributed by atoms with E-state index in [1.165, 1.54) is 23.1 Å². The number of hydrogen-bond donors (Lipinski definition) is 1. The van der Waals surface area contributed by atoms with Gasteiger partial charge in [-0.25, -0.2) is 4.39 Å². The number of nitrogens with zero attached hydrogens (tertiary/aromatic N) is 1. The molecule has 0 radical (unpaired) electrons. The Balaban J connectivity index is 1.83. The first-order chi connectivity index (χ1) is 8.97. The predicted octanol–water partition coefficient (Wildman–Crippen LogP) is 1.51. The van der Waals surface area contributed by atoms with Crippen LogP contribution in [-0.4, -0.2) is 41.6 Å². The van der Waals surface area contributed by atoms with Crippen LogP contribution in [0, 0.1) is 11.7 Å². The van der Waals surface area contributed by atoms with Crippen LogP contribution in [0.25, 0.3) is 0 Å². The standard InChI is InChI=1S/C12H11BrFNO4/c13-9-3-8(14)1-2-10(9)19-6-11(16)15-4-7(5-15)12(17)18/h1-3,7H,4-6H2,(H,17,18). The lowest BCUT2D eigenvalue weighted by Crippen LogP contribution is -2.54. The van der Waals surface area contributed by atoms with Crippen LogP contribution in [0.15, 0.2) is 22.7 Å². The molecule has 1 aromatic rings. The minimum atomic E-state index is -0.897. The van der Waals surface area contributed by atoms with Gasteiger partial charge in [0, 0.05) is 13.1 Å². The number of aliphatic carboxylic acids is 1. The average Bonchev–Trinajstić information content (AvgIpc) is 2.25. The lowest BCUT2D eigenvalue weighted by molar-refractivity contribution is -0.153. The summed E-state index contributed by atoms with van der Waals surface area (Å²) in [4.78, 5) is 23.7. The van der Waals surface area contributed by atoms with Crippen molar-refractivity contribution < 1.29 is 23.8 Å². The quantitative estimate of drug-likeness (QED) is 0.908. The maximum absolute atomic E-state index is 12.8. The van der Waals surface area contributed by atoms with E-state index in [9.17, 15) is 14.0 Å². The highest BCUT2D eigenvalue weighted by Crippen LogP contribution is 2.25. The third kappa shape index (κ3) is 3.23. The van der Waals surface area contributed by atoms with Crippen LogP contribution >= 0.6 is 15.9 Å². The first-order valence-corrected chi connectivity index (χ1v) is 6.35. The summed E-state index contributed by atoms with van der Waals surface area (Å²) in [5, 5.41) is 8.69. The smallest absolute Gasteiger partial charge is 0.310 e. The monoisotopic (exact) mass is 331 g/mol. The number of carboxylic acid groups (broad SMARTS) is 1. The zero-order chi connectivity index (χ0) is 14.0. The summed E-state index contributed by atoms with van der Waals surface area (Å²) >= 11 is 3.13. The van der Waals surface area contributed by atoms with E-state index < -0.39 is 17.7 Å². The minimum Gasteiger partial charge on any atom is -0.483 e. The Labute approximate surface area is 117 Å². The fraction of sp³-hybridized carbons (Fsp3) is 0.333. The van der Waals surface area contributed by atoms with Crippen LogP contribution in [0.4, 0.5) is 4.39 Å². The molecule has 0 aromatic heterocycles. The molecule has 0 atom stereocenters. The van der Waals surface area contributed by atoms with Gasteiger partial charge in [-0.05, 0) is 34.1 Å². The molecule has 1 aliphatic heterocycles. The third-order valence-electron chi connectivity index (χ3n) is 2.83. The molecular weight excluding hydrogens is 321 g/mol. The van der Waals surface area contributed by atoms with Gasteiger partial charge in [0.2, 0.25) is 0 Å². The van der Waals surface area contributed by atoms with Gasteiger partial charge in [-0.3, -0.25) is 9.59 Å². The Morgan fingerprint density at radius 2 is 2.16 bits per heavy atom. The highest BCUT2D eigenvalue weighted by atomic mass is 79.9. The van der Waals surface area contributed by atoms with E-state index in [1.54, 1.807) is 0 Å². The number of benzene rings is 1. The van der Waals surface area contributed by atoms with Gasteiger partial charge in [-0.2, -0.15) is 0 Å². The van der Waals surface area contributed by atoms with Crippen molar-refractivity contribution in [3.8, 4) is 5.75 Å². The van der Waals surface area contributed by atoms with Crippen molar-refractivity contribution in [2.75, 3.05) is 19.7 Å². The first kappa shape index (κ1) is 13.8. The van der Waals surface area contributed by atoms with E-state index in [0.717, 1.165) is 0 Å².